The number of aromatic amines is 1. The van der Waals surface area contributed by atoms with Crippen LogP contribution in [0, 0.1) is 11.8 Å². The molecule has 0 radical (unpaired) electrons. The van der Waals surface area contributed by atoms with Crippen molar-refractivity contribution in [2.24, 2.45) is 34.8 Å². The van der Waals surface area contributed by atoms with Crippen molar-refractivity contribution in [2.75, 3.05) is 13.1 Å². The van der Waals surface area contributed by atoms with Gasteiger partial charge in [0.25, 0.3) is 0 Å². The third kappa shape index (κ3) is 21.7. The standard InChI is InChI=1S/C50H81N13O14/c1-7-25(3)40(48(74)56-27(5)50(76)77)62-42(68)32(17-11-13-19-51)57-45(71)35(22-37(53)65)60-44(70)34(21-29-24-55-31-16-10-9-15-30(29)31)59-46(72)36(23-38(66)67)61-49(75)41(26(4)8-2)63-43(69)33(18-12-14-20-52)58-47(73)39(54)28(6)64/h9-10,15-16,24-28,32-36,39-41,55,64H,7-8,11-14,17-23,51-52,54H2,1-6H3,(H2,53,65)(H,56,74)(H,57,71)(H,58,73)(H,59,72)(H,60,70)(H,61,75)(H,62,68)(H,63,69)(H,66,67)(H,76,77)/t25-,26-,27-,28+,32-,33-,34-,35-,36-,39-,40-,41-/m0/s1. The van der Waals surface area contributed by atoms with E-state index in [1.54, 1.807) is 58.2 Å². The van der Waals surface area contributed by atoms with Crippen LogP contribution in [-0.4, -0.2) is 159 Å². The zero-order valence-corrected chi connectivity index (χ0v) is 44.6. The average Bonchev–Trinajstić information content (AvgIpc) is 3.79. The fraction of sp³-hybridized carbons (Fsp3) is 0.620. The molecule has 0 aliphatic rings. The predicted molar refractivity (Wildman–Crippen MR) is 281 cm³/mol. The van der Waals surface area contributed by atoms with E-state index in [0.717, 1.165) is 0 Å². The highest BCUT2D eigenvalue weighted by atomic mass is 16.4. The lowest BCUT2D eigenvalue weighted by Gasteiger charge is -2.29. The lowest BCUT2D eigenvalue weighted by atomic mass is 9.96. The second kappa shape index (κ2) is 33.0. The minimum absolute atomic E-state index is 0.0471. The first-order valence-corrected chi connectivity index (χ1v) is 25.8. The molecule has 77 heavy (non-hydrogen) atoms. The SMILES string of the molecule is CC[C@H](C)[C@H](NC(=O)[C@H](CCCCN)NC(=O)[C@H](CC(N)=O)NC(=O)[C@H](Cc1c[nH]c2ccccc12)NC(=O)[C@H](CC(=O)O)NC(=O)[C@@H](NC(=O)[C@H](CCCCN)NC(=O)[C@@H](N)[C@@H](C)O)[C@@H](C)CC)C(=O)N[C@@H](C)C(=O)O. The van der Waals surface area contributed by atoms with Gasteiger partial charge in [-0.3, -0.25) is 52.7 Å². The topological polar surface area (TPSA) is 465 Å². The van der Waals surface area contributed by atoms with E-state index >= 15 is 0 Å². The van der Waals surface area contributed by atoms with Gasteiger partial charge in [-0.2, -0.15) is 0 Å². The van der Waals surface area contributed by atoms with Crippen LogP contribution >= 0.6 is 0 Å². The molecule has 0 aliphatic heterocycles. The third-order valence-electron chi connectivity index (χ3n) is 13.1. The van der Waals surface area contributed by atoms with Crippen LogP contribution in [0.1, 0.15) is 111 Å². The van der Waals surface area contributed by atoms with Crippen molar-refractivity contribution in [1.82, 2.24) is 47.5 Å². The number of hydrogen-bond acceptors (Lipinski definition) is 15. The van der Waals surface area contributed by atoms with Crippen LogP contribution in [0.5, 0.6) is 0 Å². The van der Waals surface area contributed by atoms with Gasteiger partial charge in [-0.1, -0.05) is 58.7 Å². The van der Waals surface area contributed by atoms with Crippen LogP contribution in [0.3, 0.4) is 0 Å². The number of nitrogens with one attached hydrogen (secondary N) is 9. The molecule has 1 aromatic heterocycles. The molecular weight excluding hydrogens is 1010 g/mol. The molecule has 9 amide bonds. The molecule has 0 aliphatic carbocycles. The zero-order chi connectivity index (χ0) is 58.1. The van der Waals surface area contributed by atoms with E-state index in [0.29, 0.717) is 42.1 Å². The summed E-state index contributed by atoms with van der Waals surface area (Å²) in [6.45, 7) is 9.70. The minimum Gasteiger partial charge on any atom is -0.481 e. The van der Waals surface area contributed by atoms with Gasteiger partial charge in [0.2, 0.25) is 53.2 Å². The number of carboxylic acids is 2. The van der Waals surface area contributed by atoms with Gasteiger partial charge < -0.3 is 85.8 Å². The predicted octanol–water partition coefficient (Wildman–Crippen LogP) is -2.90. The summed E-state index contributed by atoms with van der Waals surface area (Å²) in [6.07, 6.45) is 0.254. The Kier molecular flexibility index (Phi) is 28.3. The van der Waals surface area contributed by atoms with Crippen molar-refractivity contribution in [3.63, 3.8) is 0 Å². The Balaban J connectivity index is 2.58. The molecule has 2 rings (SSSR count). The van der Waals surface area contributed by atoms with Gasteiger partial charge in [0, 0.05) is 23.5 Å². The van der Waals surface area contributed by atoms with Gasteiger partial charge in [0.1, 0.15) is 54.4 Å². The first kappa shape index (κ1) is 65.9. The van der Waals surface area contributed by atoms with Crippen molar-refractivity contribution >= 4 is 76.0 Å². The Morgan fingerprint density at radius 3 is 1.45 bits per heavy atom. The van der Waals surface area contributed by atoms with E-state index in [9.17, 15) is 68.1 Å². The first-order valence-electron chi connectivity index (χ1n) is 25.8. The summed E-state index contributed by atoms with van der Waals surface area (Å²) in [5.74, 6) is -12.9. The highest BCUT2D eigenvalue weighted by molar-refractivity contribution is 6.00. The monoisotopic (exact) mass is 1090 g/mol. The van der Waals surface area contributed by atoms with E-state index in [2.05, 4.69) is 47.5 Å². The molecule has 0 bridgehead atoms. The smallest absolute Gasteiger partial charge is 0.325 e. The molecule has 27 nitrogen and oxygen atoms in total. The Labute approximate surface area is 447 Å². The normalized spacial score (nSPS) is 15.9. The number of hydrogen-bond donors (Lipinski definition) is 16. The van der Waals surface area contributed by atoms with Crippen molar-refractivity contribution in [1.29, 1.82) is 0 Å². The molecule has 12 atom stereocenters. The maximum atomic E-state index is 14.5. The van der Waals surface area contributed by atoms with Gasteiger partial charge >= 0.3 is 11.9 Å². The molecular formula is C50H81N13O14. The first-order chi connectivity index (χ1) is 36.3. The maximum Gasteiger partial charge on any atom is 0.325 e. The van der Waals surface area contributed by atoms with Gasteiger partial charge in [-0.25, -0.2) is 0 Å². The molecule has 1 aromatic carbocycles. The lowest BCUT2D eigenvalue weighted by molar-refractivity contribution is -0.142. The highest BCUT2D eigenvalue weighted by Gasteiger charge is 2.38. The quantitative estimate of drug-likeness (QED) is 0.0304. The summed E-state index contributed by atoms with van der Waals surface area (Å²) < 4.78 is 0. The number of aliphatic carboxylic acids is 2. The number of benzene rings is 1. The van der Waals surface area contributed by atoms with E-state index in [1.165, 1.54) is 13.8 Å². The molecule has 430 valence electrons. The van der Waals surface area contributed by atoms with Gasteiger partial charge in [0.05, 0.1) is 18.9 Å². The second-order valence-electron chi connectivity index (χ2n) is 19.3. The molecule has 0 saturated carbocycles. The van der Waals surface area contributed by atoms with E-state index in [-0.39, 0.29) is 45.2 Å². The Hall–Kier alpha value is -7.23. The molecule has 0 saturated heterocycles. The Bertz CT molecular complexity index is 2350. The lowest BCUT2D eigenvalue weighted by Crippen LogP contribution is -2.62. The van der Waals surface area contributed by atoms with Crippen molar-refractivity contribution in [3.05, 3.63) is 36.0 Å². The van der Waals surface area contributed by atoms with Crippen LogP contribution in [0.15, 0.2) is 30.5 Å². The number of primary amides is 1. The number of para-hydroxylation sites is 1. The van der Waals surface area contributed by atoms with Crippen molar-refractivity contribution in [3.8, 4) is 0 Å². The number of amides is 9. The van der Waals surface area contributed by atoms with Crippen LogP contribution in [0.4, 0.5) is 0 Å². The minimum atomic E-state index is -1.91. The fourth-order valence-corrected chi connectivity index (χ4v) is 7.89. The summed E-state index contributed by atoms with van der Waals surface area (Å²) in [6, 6.07) is -6.53. The number of unbranched alkanes of at least 4 members (excludes halogenated alkanes) is 2. The number of rotatable bonds is 36. The fourth-order valence-electron chi connectivity index (χ4n) is 7.89. The highest BCUT2D eigenvalue weighted by Crippen LogP contribution is 2.20. The molecule has 2 aromatic rings. The summed E-state index contributed by atoms with van der Waals surface area (Å²) in [4.78, 5) is 150. The van der Waals surface area contributed by atoms with Gasteiger partial charge in [0.15, 0.2) is 0 Å². The second-order valence-corrected chi connectivity index (χ2v) is 19.3. The summed E-state index contributed by atoms with van der Waals surface area (Å²) in [7, 11) is 0. The van der Waals surface area contributed by atoms with Gasteiger partial charge in [-0.05, 0) is 88.9 Å². The summed E-state index contributed by atoms with van der Waals surface area (Å²) in [5, 5.41) is 49.7. The number of aromatic nitrogens is 1. The van der Waals surface area contributed by atoms with Crippen LogP contribution in [-0.2, 0) is 59.2 Å². The van der Waals surface area contributed by atoms with E-state index in [1.807, 2.05) is 0 Å². The average molecular weight is 1090 g/mol. The number of nitrogens with two attached hydrogens (primary N) is 4. The van der Waals surface area contributed by atoms with Crippen LogP contribution < -0.4 is 65.5 Å². The van der Waals surface area contributed by atoms with Crippen LogP contribution in [0.2, 0.25) is 0 Å². The zero-order valence-electron chi connectivity index (χ0n) is 44.6. The van der Waals surface area contributed by atoms with E-state index < -0.39 is 150 Å². The molecule has 1 heterocycles. The number of aliphatic hydroxyl groups is 1. The van der Waals surface area contributed by atoms with E-state index in [4.69, 9.17) is 22.9 Å². The van der Waals surface area contributed by atoms with Crippen LogP contribution in [0.25, 0.3) is 10.9 Å². The number of aliphatic hydroxyl groups excluding tert-OH is 1. The number of carboxylic acid groups (broad SMARTS) is 2. The number of carbonyl (C=O) groups is 11. The molecule has 0 spiro atoms. The molecule has 27 heteroatoms. The third-order valence-corrected chi connectivity index (χ3v) is 13.1. The molecule has 0 fully saturated rings. The summed E-state index contributed by atoms with van der Waals surface area (Å²) in [5.41, 5.74) is 23.8. The Morgan fingerprint density at radius 2 is 0.987 bits per heavy atom. The molecule has 0 unspecified atom stereocenters. The number of fused-ring (bicyclic) bond motifs is 1. The van der Waals surface area contributed by atoms with Crippen molar-refractivity contribution < 1.29 is 68.1 Å². The molecule has 20 N–H and O–H groups in total. The Morgan fingerprint density at radius 1 is 0.558 bits per heavy atom. The van der Waals surface area contributed by atoms with Crippen molar-refractivity contribution in [2.45, 2.75) is 173 Å². The number of carbonyl (C=O) groups excluding carboxylic acids is 9. The van der Waals surface area contributed by atoms with Gasteiger partial charge in [-0.15, -0.1) is 0 Å². The summed E-state index contributed by atoms with van der Waals surface area (Å²) >= 11 is 0. The largest absolute Gasteiger partial charge is 0.481 e. The number of H-pyrrole nitrogens is 1. The maximum absolute atomic E-state index is 14.5.